The highest BCUT2D eigenvalue weighted by atomic mass is 127. The summed E-state index contributed by atoms with van der Waals surface area (Å²) in [4.78, 5) is 37.7. The molecule has 1 aliphatic rings. The van der Waals surface area contributed by atoms with Gasteiger partial charge in [0.2, 0.25) is 6.23 Å². The molecule has 0 saturated carbocycles. The second-order valence-corrected chi connectivity index (χ2v) is 11.4. The van der Waals surface area contributed by atoms with Gasteiger partial charge >= 0.3 is 25.3 Å². The Hall–Kier alpha value is -2.69. The largest absolute Gasteiger partial charge is 0.468 e. The molecule has 0 aliphatic carbocycles. The lowest BCUT2D eigenvalue weighted by molar-refractivity contribution is -0.142. The number of hydrogen-bond acceptors (Lipinski definition) is 9. The number of rotatable bonds is 9. The van der Waals surface area contributed by atoms with E-state index in [4.69, 9.17) is 13.8 Å². The van der Waals surface area contributed by atoms with Crippen LogP contribution in [0.15, 0.2) is 58.3 Å². The zero-order valence-electron chi connectivity index (χ0n) is 20.4. The van der Waals surface area contributed by atoms with Gasteiger partial charge in [-0.15, -0.1) is 0 Å². The van der Waals surface area contributed by atoms with E-state index in [1.165, 1.54) is 13.0 Å². The Morgan fingerprint density at radius 3 is 2.69 bits per heavy atom. The Bertz CT molecular complexity index is 1540. The number of H-pyrrole nitrogens is 1. The van der Waals surface area contributed by atoms with Gasteiger partial charge in [-0.05, 0) is 41.0 Å². The van der Waals surface area contributed by atoms with E-state index >= 15 is 0 Å². The van der Waals surface area contributed by atoms with Crippen molar-refractivity contribution < 1.29 is 41.8 Å². The lowest BCUT2D eigenvalue weighted by Gasteiger charge is -2.24. The second kappa shape index (κ2) is 11.4. The minimum atomic E-state index is -4.51. The van der Waals surface area contributed by atoms with E-state index in [9.17, 15) is 32.8 Å². The number of benzene rings is 2. The third kappa shape index (κ3) is 6.07. The quantitative estimate of drug-likeness (QED) is 0.174. The molecule has 1 aliphatic heterocycles. The van der Waals surface area contributed by atoms with Gasteiger partial charge in [0.1, 0.15) is 17.9 Å². The van der Waals surface area contributed by atoms with E-state index < -0.39 is 62.0 Å². The number of alkyl halides is 2. The molecule has 210 valence electrons. The van der Waals surface area contributed by atoms with Crippen molar-refractivity contribution in [3.8, 4) is 5.75 Å². The molecule has 0 spiro atoms. The number of nitrogens with one attached hydrogen (secondary N) is 2. The number of esters is 1. The Morgan fingerprint density at radius 1 is 1.28 bits per heavy atom. The molecule has 2 aromatic carbocycles. The molecule has 1 aromatic heterocycles. The standard InChI is InChI=1S/C23H23F2IN3O9P/c1-12(20(32)35-2)28-39(34,38-16-9-5-7-13-6-3-4-8-14(13)16)36-11-17-18(30)23(24,25)21(37-17)29-10-15(26)19(31)27-22(29)33/h3-10,12,17-18,21,30H,11H2,1-2H3,(H,28,34)(H,27,31,33)/t12-,17+,18+,21+,39?/m0/s1. The van der Waals surface area contributed by atoms with Crippen LogP contribution in [0.1, 0.15) is 13.2 Å². The van der Waals surface area contributed by atoms with Crippen LogP contribution in [-0.4, -0.2) is 58.5 Å². The maximum Gasteiger partial charge on any atom is 0.459 e. The number of aromatic nitrogens is 2. The zero-order valence-corrected chi connectivity index (χ0v) is 23.4. The van der Waals surface area contributed by atoms with E-state index in [0.29, 0.717) is 9.95 Å². The number of aromatic amines is 1. The highest BCUT2D eigenvalue weighted by Gasteiger charge is 2.60. The summed E-state index contributed by atoms with van der Waals surface area (Å²) in [6.07, 6.45) is -5.73. The molecule has 5 atom stereocenters. The van der Waals surface area contributed by atoms with E-state index in [1.807, 2.05) is 4.98 Å². The maximum atomic E-state index is 15.0. The molecule has 0 bridgehead atoms. The summed E-state index contributed by atoms with van der Waals surface area (Å²) in [6, 6.07) is 10.7. The molecule has 1 fully saturated rings. The topological polar surface area (TPSA) is 158 Å². The highest BCUT2D eigenvalue weighted by Crippen LogP contribution is 2.49. The predicted molar refractivity (Wildman–Crippen MR) is 142 cm³/mol. The van der Waals surface area contributed by atoms with Crippen molar-refractivity contribution in [3.05, 3.63) is 73.1 Å². The summed E-state index contributed by atoms with van der Waals surface area (Å²) in [5, 5.41) is 14.0. The molecule has 2 heterocycles. The van der Waals surface area contributed by atoms with Crippen molar-refractivity contribution in [1.82, 2.24) is 14.6 Å². The average Bonchev–Trinajstić information content (AvgIpc) is 3.12. The number of nitrogens with zero attached hydrogens (tertiary/aromatic N) is 1. The fraction of sp³-hybridized carbons (Fsp3) is 0.348. The van der Waals surface area contributed by atoms with Crippen LogP contribution in [-0.2, 0) is 23.4 Å². The normalized spacial score (nSPS) is 22.8. The molecule has 3 N–H and O–H groups in total. The first-order valence-electron chi connectivity index (χ1n) is 11.4. The van der Waals surface area contributed by atoms with Crippen molar-refractivity contribution in [3.63, 3.8) is 0 Å². The minimum absolute atomic E-state index is 0.0743. The molecule has 1 unspecified atom stereocenters. The summed E-state index contributed by atoms with van der Waals surface area (Å²) < 4.78 is 65.1. The van der Waals surface area contributed by atoms with Crippen molar-refractivity contribution in [1.29, 1.82) is 0 Å². The van der Waals surface area contributed by atoms with E-state index in [0.717, 1.165) is 18.7 Å². The van der Waals surface area contributed by atoms with Crippen LogP contribution in [0.5, 0.6) is 5.75 Å². The number of aliphatic hydroxyl groups excluding tert-OH is 1. The van der Waals surface area contributed by atoms with Gasteiger partial charge in [-0.2, -0.15) is 13.9 Å². The van der Waals surface area contributed by atoms with Gasteiger partial charge in [-0.1, -0.05) is 36.4 Å². The van der Waals surface area contributed by atoms with Gasteiger partial charge < -0.3 is 19.1 Å². The molecular formula is C23H23F2IN3O9P. The van der Waals surface area contributed by atoms with Gasteiger partial charge in [-0.3, -0.25) is 23.7 Å². The van der Waals surface area contributed by atoms with Gasteiger partial charge in [0.25, 0.3) is 5.56 Å². The molecule has 0 amide bonds. The Labute approximate surface area is 232 Å². The van der Waals surface area contributed by atoms with Gasteiger partial charge in [0.15, 0.2) is 6.10 Å². The fourth-order valence-electron chi connectivity index (χ4n) is 3.87. The Morgan fingerprint density at radius 2 is 1.97 bits per heavy atom. The first-order valence-corrected chi connectivity index (χ1v) is 14.0. The van der Waals surface area contributed by atoms with Gasteiger partial charge in [0.05, 0.1) is 17.3 Å². The first kappa shape index (κ1) is 29.3. The second-order valence-electron chi connectivity index (χ2n) is 8.53. The van der Waals surface area contributed by atoms with Crippen LogP contribution in [0, 0.1) is 3.57 Å². The number of methoxy groups -OCH3 is 1. The molecule has 3 aromatic rings. The van der Waals surface area contributed by atoms with Gasteiger partial charge in [0, 0.05) is 11.6 Å². The monoisotopic (exact) mass is 681 g/mol. The van der Waals surface area contributed by atoms with Crippen LogP contribution in [0.3, 0.4) is 0 Å². The Kier molecular flexibility index (Phi) is 8.58. The van der Waals surface area contributed by atoms with E-state index in [2.05, 4.69) is 9.82 Å². The number of carbonyl (C=O) groups is 1. The van der Waals surface area contributed by atoms with E-state index in [1.54, 1.807) is 59.0 Å². The third-order valence-corrected chi connectivity index (χ3v) is 8.24. The van der Waals surface area contributed by atoms with Crippen LogP contribution in [0.25, 0.3) is 10.8 Å². The lowest BCUT2D eigenvalue weighted by atomic mass is 10.1. The Balaban J connectivity index is 1.61. The number of carbonyl (C=O) groups excluding carboxylic acids is 1. The van der Waals surface area contributed by atoms with Crippen LogP contribution >= 0.6 is 30.3 Å². The number of hydrogen-bond donors (Lipinski definition) is 3. The molecule has 1 saturated heterocycles. The molecule has 12 nitrogen and oxygen atoms in total. The number of halogens is 3. The van der Waals surface area contributed by atoms with Crippen LogP contribution in [0.2, 0.25) is 0 Å². The van der Waals surface area contributed by atoms with Gasteiger partial charge in [-0.25, -0.2) is 9.36 Å². The summed E-state index contributed by atoms with van der Waals surface area (Å²) in [6.45, 7) is 0.426. The van der Waals surface area contributed by atoms with Crippen LogP contribution in [0.4, 0.5) is 8.78 Å². The minimum Gasteiger partial charge on any atom is -0.468 e. The van der Waals surface area contributed by atoms with Crippen molar-refractivity contribution in [2.45, 2.75) is 37.3 Å². The van der Waals surface area contributed by atoms with Crippen LogP contribution < -0.4 is 20.9 Å². The maximum absolute atomic E-state index is 15.0. The molecule has 16 heteroatoms. The third-order valence-electron chi connectivity index (χ3n) is 5.84. The number of aliphatic hydroxyl groups is 1. The summed E-state index contributed by atoms with van der Waals surface area (Å²) >= 11 is 1.55. The fourth-order valence-corrected chi connectivity index (χ4v) is 5.83. The zero-order chi connectivity index (χ0) is 28.5. The van der Waals surface area contributed by atoms with E-state index in [-0.39, 0.29) is 9.32 Å². The lowest BCUT2D eigenvalue weighted by Crippen LogP contribution is -2.43. The smallest absolute Gasteiger partial charge is 0.459 e. The molecule has 4 rings (SSSR count). The molecular weight excluding hydrogens is 658 g/mol. The predicted octanol–water partition coefficient (Wildman–Crippen LogP) is 2.54. The molecule has 39 heavy (non-hydrogen) atoms. The van der Waals surface area contributed by atoms with Crippen molar-refractivity contribution >= 4 is 47.1 Å². The highest BCUT2D eigenvalue weighted by molar-refractivity contribution is 14.1. The summed E-state index contributed by atoms with van der Waals surface area (Å²) in [5.74, 6) is -4.71. The molecule has 0 radical (unpaired) electrons. The number of fused-ring (bicyclic) bond motifs is 1. The van der Waals surface area contributed by atoms with Crippen molar-refractivity contribution in [2.24, 2.45) is 0 Å². The first-order chi connectivity index (χ1) is 18.4. The summed E-state index contributed by atoms with van der Waals surface area (Å²) in [7, 11) is -3.40. The summed E-state index contributed by atoms with van der Waals surface area (Å²) in [5.41, 5.74) is -1.96. The SMILES string of the molecule is COC(=O)[C@H](C)NP(=O)(OC[C@H]1O[C@@H](n2cc(I)c(=O)[nH]c2=O)C(F)(F)[C@@H]1O)Oc1cccc2ccccc12. The number of ether oxygens (including phenoxy) is 2. The average molecular weight is 681 g/mol. The van der Waals surface area contributed by atoms with Crippen molar-refractivity contribution in [2.75, 3.05) is 13.7 Å².